The van der Waals surface area contributed by atoms with Crippen molar-refractivity contribution in [3.05, 3.63) is 6.33 Å². The van der Waals surface area contributed by atoms with Gasteiger partial charge in [0.25, 0.3) is 0 Å². The Balaban J connectivity index is 1.78. The molecule has 1 aliphatic rings. The second-order valence-corrected chi connectivity index (χ2v) is 9.03. The lowest BCUT2D eigenvalue weighted by molar-refractivity contribution is -0.166. The first kappa shape index (κ1) is 29.5. The van der Waals surface area contributed by atoms with Crippen LogP contribution in [0.1, 0.15) is 59.6 Å². The van der Waals surface area contributed by atoms with Crippen molar-refractivity contribution in [1.29, 1.82) is 0 Å². The van der Waals surface area contributed by atoms with Gasteiger partial charge in [0.05, 0.1) is 6.33 Å². The molecule has 15 heteroatoms. The van der Waals surface area contributed by atoms with Crippen LogP contribution in [0.15, 0.2) is 6.33 Å². The predicted molar refractivity (Wildman–Crippen MR) is 134 cm³/mol. The zero-order chi connectivity index (χ0) is 28.5. The minimum Gasteiger partial charge on any atom is -0.492 e. The number of rotatable bonds is 13. The van der Waals surface area contributed by atoms with Gasteiger partial charge in [-0.05, 0) is 12.8 Å². The van der Waals surface area contributed by atoms with Gasteiger partial charge in [0.2, 0.25) is 17.7 Å². The number of fused-ring (bicyclic) bond motifs is 1. The molecular weight excluding hydrogens is 516 g/mol. The average Bonchev–Trinajstić information content (AvgIpc) is 3.40. The molecule has 3 N–H and O–H groups in total. The van der Waals surface area contributed by atoms with Crippen LogP contribution in [0, 0.1) is 0 Å². The molecule has 1 aliphatic heterocycles. The molecule has 0 spiro atoms. The lowest BCUT2D eigenvalue weighted by atomic mass is 10.1. The number of hydrogen-bond donors (Lipinski definition) is 3. The Labute approximate surface area is 224 Å². The minimum atomic E-state index is -1.13. The first-order valence-corrected chi connectivity index (χ1v) is 12.6. The topological polar surface area (TPSA) is 193 Å². The Bertz CT molecular complexity index is 1190. The number of carbonyl (C=O) groups excluding carboxylic acids is 4. The van der Waals surface area contributed by atoms with Gasteiger partial charge in [-0.15, -0.1) is 0 Å². The van der Waals surface area contributed by atoms with Crippen LogP contribution >= 0.6 is 0 Å². The molecule has 39 heavy (non-hydrogen) atoms. The van der Waals surface area contributed by atoms with Crippen LogP contribution in [0.2, 0.25) is 0 Å². The van der Waals surface area contributed by atoms with E-state index in [2.05, 4.69) is 25.6 Å². The third-order valence-corrected chi connectivity index (χ3v) is 5.78. The third kappa shape index (κ3) is 8.24. The molecular formula is C24H34N6O9. The van der Waals surface area contributed by atoms with Crippen LogP contribution in [0.4, 0.5) is 5.95 Å². The van der Waals surface area contributed by atoms with Crippen LogP contribution in [0.25, 0.3) is 11.2 Å². The number of esters is 3. The van der Waals surface area contributed by atoms with Gasteiger partial charge in [-0.3, -0.25) is 23.7 Å². The number of nitrogens with zero attached hydrogens (tertiary/aromatic N) is 4. The largest absolute Gasteiger partial charge is 0.492 e. The highest BCUT2D eigenvalue weighted by Gasteiger charge is 2.51. The fourth-order valence-corrected chi connectivity index (χ4v) is 4.15. The monoisotopic (exact) mass is 550 g/mol. The summed E-state index contributed by atoms with van der Waals surface area (Å²) in [4.78, 5) is 58.7. The van der Waals surface area contributed by atoms with Crippen molar-refractivity contribution in [3.63, 3.8) is 0 Å². The van der Waals surface area contributed by atoms with E-state index in [9.17, 15) is 24.3 Å². The Kier molecular flexibility index (Phi) is 10.4. The van der Waals surface area contributed by atoms with Crippen LogP contribution in [-0.2, 0) is 38.1 Å². The maximum Gasteiger partial charge on any atom is 0.303 e. The zero-order valence-electron chi connectivity index (χ0n) is 22.3. The molecule has 1 saturated heterocycles. The van der Waals surface area contributed by atoms with Crippen molar-refractivity contribution in [2.45, 2.75) is 77.9 Å². The summed E-state index contributed by atoms with van der Waals surface area (Å²) in [6.45, 7) is 6.01. The fraction of sp³-hybridized carbons (Fsp3) is 0.625. The van der Waals surface area contributed by atoms with Gasteiger partial charge in [-0.1, -0.05) is 12.8 Å². The van der Waals surface area contributed by atoms with E-state index in [0.29, 0.717) is 13.1 Å². The van der Waals surface area contributed by atoms with Gasteiger partial charge in [-0.2, -0.15) is 9.97 Å². The number of carbonyl (C=O) groups is 4. The summed E-state index contributed by atoms with van der Waals surface area (Å²) in [5.74, 6) is -2.14. The summed E-state index contributed by atoms with van der Waals surface area (Å²) in [6, 6.07) is 0. The summed E-state index contributed by atoms with van der Waals surface area (Å²) in [5.41, 5.74) is 0.258. The quantitative estimate of drug-likeness (QED) is 0.182. The lowest BCUT2D eigenvalue weighted by Crippen LogP contribution is -2.40. The number of nitrogens with one attached hydrogen (secondary N) is 2. The molecule has 1 fully saturated rings. The smallest absolute Gasteiger partial charge is 0.303 e. The molecule has 3 heterocycles. The van der Waals surface area contributed by atoms with Crippen LogP contribution < -0.4 is 10.6 Å². The number of imidazole rings is 1. The second kappa shape index (κ2) is 13.7. The zero-order valence-corrected chi connectivity index (χ0v) is 22.3. The second-order valence-electron chi connectivity index (χ2n) is 9.03. The van der Waals surface area contributed by atoms with Crippen molar-refractivity contribution in [3.8, 4) is 5.88 Å². The number of aromatic nitrogens is 4. The van der Waals surface area contributed by atoms with Crippen LogP contribution in [0.5, 0.6) is 5.88 Å². The molecule has 0 aliphatic carbocycles. The number of ether oxygens (including phenoxy) is 4. The number of amides is 1. The summed E-state index contributed by atoms with van der Waals surface area (Å²) < 4.78 is 23.4. The van der Waals surface area contributed by atoms with Crippen molar-refractivity contribution in [2.24, 2.45) is 0 Å². The molecule has 4 atom stereocenters. The Hall–Kier alpha value is -4.01. The van der Waals surface area contributed by atoms with Crippen molar-refractivity contribution in [1.82, 2.24) is 24.8 Å². The summed E-state index contributed by atoms with van der Waals surface area (Å²) in [5, 5.41) is 16.3. The number of hydrogen-bond acceptors (Lipinski definition) is 13. The molecule has 1 unspecified atom stereocenters. The van der Waals surface area contributed by atoms with E-state index in [0.717, 1.165) is 25.7 Å². The van der Waals surface area contributed by atoms with E-state index in [-0.39, 0.29) is 35.5 Å². The first-order valence-electron chi connectivity index (χ1n) is 12.6. The molecule has 15 nitrogen and oxygen atoms in total. The molecule has 2 aromatic rings. The molecule has 0 saturated carbocycles. The van der Waals surface area contributed by atoms with E-state index < -0.39 is 42.4 Å². The highest BCUT2D eigenvalue weighted by molar-refractivity contribution is 5.77. The van der Waals surface area contributed by atoms with Crippen molar-refractivity contribution < 1.29 is 43.2 Å². The van der Waals surface area contributed by atoms with Gasteiger partial charge < -0.3 is 34.7 Å². The number of unbranched alkanes of at least 4 members (excludes halogenated alkanes) is 3. The van der Waals surface area contributed by atoms with Gasteiger partial charge in [0, 0.05) is 40.8 Å². The summed E-state index contributed by atoms with van der Waals surface area (Å²) in [7, 11) is 0. The van der Waals surface area contributed by atoms with E-state index >= 15 is 0 Å². The lowest BCUT2D eigenvalue weighted by Gasteiger charge is -2.23. The molecule has 0 bridgehead atoms. The minimum absolute atomic E-state index is 0.0488. The standard InChI is InChI=1S/C24H34N6O9/c1-13(31)25-9-7-5-6-8-10-26-24-28-21-18(22(35)29-24)27-12-30(21)23-20(38-16(4)34)19(37-15(3)33)17(39-23)11-36-14(2)32/h12,17,19-20,23H,5-11H2,1-4H3,(H,25,31)(H2,26,28,29,35)/t17-,19+,20?,23-/m1/s1. The highest BCUT2D eigenvalue weighted by Crippen LogP contribution is 2.36. The van der Waals surface area contributed by atoms with Gasteiger partial charge in [0.1, 0.15) is 12.7 Å². The Morgan fingerprint density at radius 1 is 0.949 bits per heavy atom. The van der Waals surface area contributed by atoms with E-state index in [1.54, 1.807) is 0 Å². The molecule has 214 valence electrons. The fourth-order valence-electron chi connectivity index (χ4n) is 4.15. The van der Waals surface area contributed by atoms with E-state index in [1.165, 1.54) is 38.6 Å². The van der Waals surface area contributed by atoms with Crippen molar-refractivity contribution >= 4 is 40.9 Å². The number of anilines is 1. The first-order chi connectivity index (χ1) is 18.6. The third-order valence-electron chi connectivity index (χ3n) is 5.78. The normalized spacial score (nSPS) is 20.4. The highest BCUT2D eigenvalue weighted by atomic mass is 16.7. The average molecular weight is 551 g/mol. The predicted octanol–water partition coefficient (Wildman–Crippen LogP) is 0.964. The maximum atomic E-state index is 11.9. The van der Waals surface area contributed by atoms with Crippen molar-refractivity contribution in [2.75, 3.05) is 25.0 Å². The summed E-state index contributed by atoms with van der Waals surface area (Å²) in [6.07, 6.45) is 0.621. The number of aromatic hydroxyl groups is 1. The Morgan fingerprint density at radius 2 is 1.62 bits per heavy atom. The Morgan fingerprint density at radius 3 is 2.26 bits per heavy atom. The van der Waals surface area contributed by atoms with Gasteiger partial charge in [-0.25, -0.2) is 4.98 Å². The van der Waals surface area contributed by atoms with Gasteiger partial charge in [0.15, 0.2) is 29.6 Å². The molecule has 1 amide bonds. The molecule has 0 aromatic carbocycles. The summed E-state index contributed by atoms with van der Waals surface area (Å²) >= 11 is 0. The van der Waals surface area contributed by atoms with Gasteiger partial charge >= 0.3 is 17.9 Å². The van der Waals surface area contributed by atoms with E-state index in [4.69, 9.17) is 18.9 Å². The van der Waals surface area contributed by atoms with Crippen LogP contribution in [-0.4, -0.2) is 86.4 Å². The van der Waals surface area contributed by atoms with E-state index in [1.807, 2.05) is 0 Å². The maximum absolute atomic E-state index is 11.9. The SMILES string of the molecule is CC(=O)NCCCCCCNc1nc(O)c2ncn([C@@H]3O[C@H](COC(C)=O)[C@H](OC(C)=O)C3OC(C)=O)c2n1. The molecule has 2 aromatic heterocycles. The molecule has 3 rings (SSSR count). The molecule has 0 radical (unpaired) electrons. The van der Waals surface area contributed by atoms with Crippen LogP contribution in [0.3, 0.4) is 0 Å².